The monoisotopic (exact) mass is 283 g/mol. The zero-order chi connectivity index (χ0) is 15.0. The molecule has 9 heteroatoms. The molecule has 0 atom stereocenters. The number of aliphatic carboxylic acids is 1. The van der Waals surface area contributed by atoms with Gasteiger partial charge in [-0.05, 0) is 12.0 Å². The van der Waals surface area contributed by atoms with E-state index in [4.69, 9.17) is 5.11 Å². The number of carbonyl (C=O) groups is 3. The fourth-order valence-electron chi connectivity index (χ4n) is 1.38. The summed E-state index contributed by atoms with van der Waals surface area (Å²) in [5.41, 5.74) is 0.993. The fourth-order valence-corrected chi connectivity index (χ4v) is 1.38. The molecule has 9 nitrogen and oxygen atoms in total. The quantitative estimate of drug-likeness (QED) is 0.483. The van der Waals surface area contributed by atoms with Crippen LogP contribution < -0.4 is 16.0 Å². The Morgan fingerprint density at radius 3 is 2.60 bits per heavy atom. The third kappa shape index (κ3) is 6.38. The van der Waals surface area contributed by atoms with Crippen molar-refractivity contribution in [1.82, 2.24) is 25.7 Å². The summed E-state index contributed by atoms with van der Waals surface area (Å²) in [6.45, 7) is -0.330. The number of aromatic nitrogens is 2. The highest BCUT2D eigenvalue weighted by molar-refractivity contribution is 5.86. The fraction of sp³-hybridized carbons (Fsp3) is 0.455. The van der Waals surface area contributed by atoms with E-state index in [0.29, 0.717) is 13.0 Å². The molecular weight excluding hydrogens is 266 g/mol. The Bertz CT molecular complexity index is 485. The van der Waals surface area contributed by atoms with Gasteiger partial charge in [-0.2, -0.15) is 5.10 Å². The summed E-state index contributed by atoms with van der Waals surface area (Å²) in [6, 6.07) is -0.487. The first-order valence-electron chi connectivity index (χ1n) is 5.95. The van der Waals surface area contributed by atoms with Gasteiger partial charge in [-0.1, -0.05) is 0 Å². The molecule has 1 aromatic heterocycles. The van der Waals surface area contributed by atoms with Crippen molar-refractivity contribution in [3.05, 3.63) is 18.0 Å². The maximum Gasteiger partial charge on any atom is 0.322 e. The minimum absolute atomic E-state index is 0.272. The third-order valence-corrected chi connectivity index (χ3v) is 2.30. The number of hydrogen-bond acceptors (Lipinski definition) is 4. The van der Waals surface area contributed by atoms with Crippen LogP contribution >= 0.6 is 0 Å². The maximum atomic E-state index is 11.3. The molecule has 0 spiro atoms. The van der Waals surface area contributed by atoms with Crippen molar-refractivity contribution >= 4 is 17.9 Å². The molecule has 110 valence electrons. The first-order chi connectivity index (χ1) is 9.47. The van der Waals surface area contributed by atoms with Crippen molar-refractivity contribution in [2.75, 3.05) is 19.6 Å². The largest absolute Gasteiger partial charge is 0.480 e. The minimum Gasteiger partial charge on any atom is -0.480 e. The van der Waals surface area contributed by atoms with Crippen LogP contribution in [0.15, 0.2) is 12.4 Å². The molecule has 1 aromatic rings. The highest BCUT2D eigenvalue weighted by Gasteiger charge is 2.06. The van der Waals surface area contributed by atoms with Gasteiger partial charge in [0.25, 0.3) is 0 Å². The first kappa shape index (κ1) is 15.5. The van der Waals surface area contributed by atoms with E-state index in [9.17, 15) is 14.4 Å². The number of carbonyl (C=O) groups excluding carboxylic acids is 2. The SMILES string of the molecule is Cn1cc(CCNC(=O)NCC(=O)NCC(=O)O)cn1. The predicted molar refractivity (Wildman–Crippen MR) is 69.0 cm³/mol. The van der Waals surface area contributed by atoms with Gasteiger partial charge >= 0.3 is 12.0 Å². The summed E-state index contributed by atoms with van der Waals surface area (Å²) >= 11 is 0. The van der Waals surface area contributed by atoms with Crippen molar-refractivity contribution in [2.45, 2.75) is 6.42 Å². The molecular formula is C11H17N5O4. The standard InChI is InChI=1S/C11H17N5O4/c1-16-7-8(4-15-16)2-3-12-11(20)14-5-9(17)13-6-10(18)19/h4,7H,2-3,5-6H2,1H3,(H,13,17)(H,18,19)(H2,12,14,20). The number of rotatable bonds is 7. The number of aryl methyl sites for hydroxylation is 1. The van der Waals surface area contributed by atoms with Gasteiger partial charge < -0.3 is 21.1 Å². The Kier molecular flexibility index (Phi) is 6.01. The van der Waals surface area contributed by atoms with Crippen LogP contribution in [-0.4, -0.2) is 52.4 Å². The number of amides is 3. The molecule has 0 aromatic carbocycles. The maximum absolute atomic E-state index is 11.3. The van der Waals surface area contributed by atoms with Crippen molar-refractivity contribution in [1.29, 1.82) is 0 Å². The van der Waals surface area contributed by atoms with Crippen molar-refractivity contribution in [2.24, 2.45) is 7.05 Å². The van der Waals surface area contributed by atoms with Gasteiger partial charge in [0.2, 0.25) is 5.91 Å². The molecule has 0 saturated heterocycles. The Hall–Kier alpha value is -2.58. The second-order valence-electron chi connectivity index (χ2n) is 4.05. The summed E-state index contributed by atoms with van der Waals surface area (Å²) < 4.78 is 1.67. The average molecular weight is 283 g/mol. The summed E-state index contributed by atoms with van der Waals surface area (Å²) in [7, 11) is 1.80. The molecule has 3 amide bonds. The van der Waals surface area contributed by atoms with Crippen LogP contribution in [0.1, 0.15) is 5.56 Å². The van der Waals surface area contributed by atoms with E-state index >= 15 is 0 Å². The van der Waals surface area contributed by atoms with Crippen LogP contribution in [0.3, 0.4) is 0 Å². The second-order valence-corrected chi connectivity index (χ2v) is 4.05. The summed E-state index contributed by atoms with van der Waals surface area (Å²) in [4.78, 5) is 32.7. The lowest BCUT2D eigenvalue weighted by atomic mass is 10.2. The van der Waals surface area contributed by atoms with E-state index in [-0.39, 0.29) is 6.54 Å². The van der Waals surface area contributed by atoms with Gasteiger partial charge in [0, 0.05) is 19.8 Å². The third-order valence-electron chi connectivity index (χ3n) is 2.30. The van der Waals surface area contributed by atoms with Gasteiger partial charge in [0.05, 0.1) is 12.7 Å². The lowest BCUT2D eigenvalue weighted by molar-refractivity contribution is -0.137. The zero-order valence-electron chi connectivity index (χ0n) is 11.0. The van der Waals surface area contributed by atoms with E-state index < -0.39 is 24.5 Å². The van der Waals surface area contributed by atoms with E-state index in [0.717, 1.165) is 5.56 Å². The first-order valence-corrected chi connectivity index (χ1v) is 5.95. The summed E-state index contributed by atoms with van der Waals surface area (Å²) in [6.07, 6.45) is 4.18. The second kappa shape index (κ2) is 7.77. The van der Waals surface area contributed by atoms with Crippen LogP contribution in [0.4, 0.5) is 4.79 Å². The van der Waals surface area contributed by atoms with Crippen LogP contribution in [-0.2, 0) is 23.1 Å². The zero-order valence-corrected chi connectivity index (χ0v) is 11.0. The van der Waals surface area contributed by atoms with Gasteiger partial charge in [-0.15, -0.1) is 0 Å². The van der Waals surface area contributed by atoms with Crippen LogP contribution in [0.5, 0.6) is 0 Å². The van der Waals surface area contributed by atoms with Crippen LogP contribution in [0.25, 0.3) is 0 Å². The number of nitrogens with zero attached hydrogens (tertiary/aromatic N) is 2. The number of carboxylic acids is 1. The molecule has 0 aliphatic carbocycles. The number of urea groups is 1. The molecule has 0 radical (unpaired) electrons. The lowest BCUT2D eigenvalue weighted by Crippen LogP contribution is -2.43. The summed E-state index contributed by atoms with van der Waals surface area (Å²) in [5, 5.41) is 19.4. The average Bonchev–Trinajstić information content (AvgIpc) is 2.79. The topological polar surface area (TPSA) is 125 Å². The van der Waals surface area contributed by atoms with Gasteiger partial charge in [0.15, 0.2) is 0 Å². The van der Waals surface area contributed by atoms with E-state index in [1.54, 1.807) is 17.9 Å². The molecule has 0 saturated carbocycles. The highest BCUT2D eigenvalue weighted by atomic mass is 16.4. The van der Waals surface area contributed by atoms with Gasteiger partial charge in [0.1, 0.15) is 6.54 Å². The molecule has 0 unspecified atom stereocenters. The molecule has 20 heavy (non-hydrogen) atoms. The molecule has 0 aliphatic heterocycles. The Morgan fingerprint density at radius 2 is 2.00 bits per heavy atom. The van der Waals surface area contributed by atoms with Gasteiger partial charge in [-0.3, -0.25) is 14.3 Å². The molecule has 1 heterocycles. The molecule has 1 rings (SSSR count). The number of carboxylic acid groups (broad SMARTS) is 1. The molecule has 0 aliphatic rings. The predicted octanol–water partition coefficient (Wildman–Crippen LogP) is -1.54. The lowest BCUT2D eigenvalue weighted by Gasteiger charge is -2.06. The van der Waals surface area contributed by atoms with Crippen LogP contribution in [0, 0.1) is 0 Å². The Morgan fingerprint density at radius 1 is 1.25 bits per heavy atom. The number of hydrogen-bond donors (Lipinski definition) is 4. The summed E-state index contributed by atoms with van der Waals surface area (Å²) in [5.74, 6) is -1.70. The minimum atomic E-state index is -1.14. The van der Waals surface area contributed by atoms with Crippen molar-refractivity contribution < 1.29 is 19.5 Å². The van der Waals surface area contributed by atoms with E-state index in [1.165, 1.54) is 0 Å². The van der Waals surface area contributed by atoms with E-state index in [1.807, 2.05) is 6.20 Å². The molecule has 4 N–H and O–H groups in total. The molecule has 0 bridgehead atoms. The van der Waals surface area contributed by atoms with E-state index in [2.05, 4.69) is 21.0 Å². The molecule has 0 fully saturated rings. The van der Waals surface area contributed by atoms with Gasteiger partial charge in [-0.25, -0.2) is 4.79 Å². The normalized spacial score (nSPS) is 9.85. The Labute approximate surface area is 115 Å². The van der Waals surface area contributed by atoms with Crippen molar-refractivity contribution in [3.8, 4) is 0 Å². The van der Waals surface area contributed by atoms with Crippen molar-refractivity contribution in [3.63, 3.8) is 0 Å². The smallest absolute Gasteiger partial charge is 0.322 e. The number of nitrogens with one attached hydrogen (secondary N) is 3. The Balaban J connectivity index is 2.11. The van der Waals surface area contributed by atoms with Crippen LogP contribution in [0.2, 0.25) is 0 Å². The highest BCUT2D eigenvalue weighted by Crippen LogP contribution is 1.95.